The highest BCUT2D eigenvalue weighted by atomic mass is 35.5. The van der Waals surface area contributed by atoms with Crippen molar-refractivity contribution < 1.29 is 9.59 Å². The summed E-state index contributed by atoms with van der Waals surface area (Å²) < 4.78 is 0. The number of halogens is 2. The van der Waals surface area contributed by atoms with Crippen molar-refractivity contribution in [3.8, 4) is 6.07 Å². The molecular formula is C15H9Cl2N3O2S. The summed E-state index contributed by atoms with van der Waals surface area (Å²) in [5.74, 6) is -2.90. The first-order valence-corrected chi connectivity index (χ1v) is 7.92. The van der Waals surface area contributed by atoms with Crippen LogP contribution in [0.2, 0.25) is 10.0 Å². The number of amides is 1. The Kier molecular flexibility index (Phi) is 5.88. The summed E-state index contributed by atoms with van der Waals surface area (Å²) >= 11 is 13.1. The maximum absolute atomic E-state index is 12.1. The first kappa shape index (κ1) is 17.2. The van der Waals surface area contributed by atoms with E-state index in [0.717, 1.165) is 6.08 Å². The molecular weight excluding hydrogens is 357 g/mol. The standard InChI is InChI=1S/C15H9Cl2N3O2S/c16-10-2-1-3-11(14(10)17)20-15(22)9(8-18)12(21)4-5-13-19-6-7-23-13/h1-7,9H,(H,20,22)/b5-4+/t9-/m1/s1. The Morgan fingerprint density at radius 3 is 2.83 bits per heavy atom. The fourth-order valence-electron chi connectivity index (χ4n) is 1.62. The molecule has 1 aromatic heterocycles. The van der Waals surface area contributed by atoms with Gasteiger partial charge in [-0.2, -0.15) is 5.26 Å². The molecule has 0 radical (unpaired) electrons. The van der Waals surface area contributed by atoms with Gasteiger partial charge in [0.2, 0.25) is 5.91 Å². The molecule has 0 fully saturated rings. The molecule has 0 saturated carbocycles. The summed E-state index contributed by atoms with van der Waals surface area (Å²) in [6.45, 7) is 0. The van der Waals surface area contributed by atoms with E-state index in [0.29, 0.717) is 5.01 Å². The number of carbonyl (C=O) groups excluding carboxylic acids is 2. The van der Waals surface area contributed by atoms with E-state index >= 15 is 0 Å². The number of anilines is 1. The van der Waals surface area contributed by atoms with E-state index in [1.54, 1.807) is 29.8 Å². The molecule has 1 N–H and O–H groups in total. The van der Waals surface area contributed by atoms with Crippen molar-refractivity contribution in [3.63, 3.8) is 0 Å². The highest BCUT2D eigenvalue weighted by Gasteiger charge is 2.25. The number of ketones is 1. The number of nitrogens with zero attached hydrogens (tertiary/aromatic N) is 2. The van der Waals surface area contributed by atoms with E-state index < -0.39 is 17.6 Å². The highest BCUT2D eigenvalue weighted by molar-refractivity contribution is 7.10. The lowest BCUT2D eigenvalue weighted by Gasteiger charge is -2.10. The zero-order valence-corrected chi connectivity index (χ0v) is 13.8. The van der Waals surface area contributed by atoms with Gasteiger partial charge in [0.25, 0.3) is 0 Å². The molecule has 23 heavy (non-hydrogen) atoms. The Hall–Kier alpha value is -2.20. The molecule has 0 saturated heterocycles. The number of hydrogen-bond donors (Lipinski definition) is 1. The zero-order chi connectivity index (χ0) is 16.8. The maximum atomic E-state index is 12.1. The number of benzene rings is 1. The van der Waals surface area contributed by atoms with Gasteiger partial charge in [0.05, 0.1) is 21.8 Å². The third-order valence-electron chi connectivity index (χ3n) is 2.73. The molecule has 8 heteroatoms. The monoisotopic (exact) mass is 365 g/mol. The molecule has 0 aliphatic carbocycles. The van der Waals surface area contributed by atoms with Crippen molar-refractivity contribution >= 4 is 58.0 Å². The lowest BCUT2D eigenvalue weighted by Crippen LogP contribution is -2.27. The highest BCUT2D eigenvalue weighted by Crippen LogP contribution is 2.29. The molecule has 0 spiro atoms. The van der Waals surface area contributed by atoms with Crippen LogP contribution in [0.25, 0.3) is 6.08 Å². The second-order valence-corrected chi connectivity index (χ2v) is 5.97. The topological polar surface area (TPSA) is 82.8 Å². The largest absolute Gasteiger partial charge is 0.323 e. The quantitative estimate of drug-likeness (QED) is 0.644. The van der Waals surface area contributed by atoms with Crippen LogP contribution >= 0.6 is 34.5 Å². The molecule has 2 rings (SSSR count). The molecule has 1 aromatic carbocycles. The first-order chi connectivity index (χ1) is 11.0. The van der Waals surface area contributed by atoms with Crippen molar-refractivity contribution in [2.75, 3.05) is 5.32 Å². The molecule has 0 aliphatic rings. The molecule has 0 bridgehead atoms. The normalized spacial score (nSPS) is 11.9. The van der Waals surface area contributed by atoms with Gasteiger partial charge in [-0.05, 0) is 24.3 Å². The molecule has 0 unspecified atom stereocenters. The molecule has 1 amide bonds. The van der Waals surface area contributed by atoms with Crippen LogP contribution in [-0.2, 0) is 9.59 Å². The third-order valence-corrected chi connectivity index (χ3v) is 4.29. The summed E-state index contributed by atoms with van der Waals surface area (Å²) in [6, 6.07) is 6.36. The number of hydrogen-bond acceptors (Lipinski definition) is 5. The number of allylic oxidation sites excluding steroid dienone is 1. The van der Waals surface area contributed by atoms with E-state index in [1.165, 1.54) is 23.5 Å². The van der Waals surface area contributed by atoms with Crippen LogP contribution in [0.1, 0.15) is 5.01 Å². The van der Waals surface area contributed by atoms with Gasteiger partial charge in [-0.25, -0.2) is 4.98 Å². The second kappa shape index (κ2) is 7.88. The van der Waals surface area contributed by atoms with Gasteiger partial charge in [0.1, 0.15) is 5.01 Å². The fourth-order valence-corrected chi connectivity index (χ4v) is 2.50. The van der Waals surface area contributed by atoms with Crippen molar-refractivity contribution in [2.45, 2.75) is 0 Å². The minimum Gasteiger partial charge on any atom is -0.323 e. The lowest BCUT2D eigenvalue weighted by molar-refractivity contribution is -0.126. The van der Waals surface area contributed by atoms with Crippen LogP contribution < -0.4 is 5.32 Å². The van der Waals surface area contributed by atoms with Crippen molar-refractivity contribution in [3.05, 3.63) is 50.9 Å². The van der Waals surface area contributed by atoms with Crippen molar-refractivity contribution in [1.82, 2.24) is 4.98 Å². The second-order valence-electron chi connectivity index (χ2n) is 4.26. The molecule has 1 heterocycles. The average Bonchev–Trinajstić information content (AvgIpc) is 3.04. The summed E-state index contributed by atoms with van der Waals surface area (Å²) in [7, 11) is 0. The van der Waals surface area contributed by atoms with Crippen LogP contribution in [0.15, 0.2) is 35.9 Å². The molecule has 1 atom stereocenters. The molecule has 2 aromatic rings. The van der Waals surface area contributed by atoms with Gasteiger partial charge in [-0.1, -0.05) is 29.3 Å². The van der Waals surface area contributed by atoms with Crippen molar-refractivity contribution in [1.29, 1.82) is 5.26 Å². The van der Waals surface area contributed by atoms with E-state index in [9.17, 15) is 9.59 Å². The molecule has 5 nitrogen and oxygen atoms in total. The van der Waals surface area contributed by atoms with Gasteiger partial charge in [-0.3, -0.25) is 9.59 Å². The minimum atomic E-state index is -1.48. The van der Waals surface area contributed by atoms with Gasteiger partial charge < -0.3 is 5.32 Å². The number of nitriles is 1. The number of aromatic nitrogens is 1. The summed E-state index contributed by atoms with van der Waals surface area (Å²) in [6.07, 6.45) is 4.20. The average molecular weight is 366 g/mol. The van der Waals surface area contributed by atoms with E-state index in [2.05, 4.69) is 10.3 Å². The number of nitrogens with one attached hydrogen (secondary N) is 1. The van der Waals surface area contributed by atoms with Crippen LogP contribution in [-0.4, -0.2) is 16.7 Å². The summed E-state index contributed by atoms with van der Waals surface area (Å²) in [5.41, 5.74) is 0.237. The fraction of sp³-hybridized carbons (Fsp3) is 0.0667. The van der Waals surface area contributed by atoms with Crippen molar-refractivity contribution in [2.24, 2.45) is 5.92 Å². The van der Waals surface area contributed by atoms with Crippen LogP contribution in [0.5, 0.6) is 0 Å². The van der Waals surface area contributed by atoms with Gasteiger partial charge in [-0.15, -0.1) is 11.3 Å². The SMILES string of the molecule is N#C[C@H](C(=O)/C=C/c1nccs1)C(=O)Nc1cccc(Cl)c1Cl. The Balaban J connectivity index is 2.11. The number of rotatable bonds is 5. The Bertz CT molecular complexity index is 798. The minimum absolute atomic E-state index is 0.144. The molecule has 0 aliphatic heterocycles. The predicted octanol–water partition coefficient (Wildman–Crippen LogP) is 3.81. The van der Waals surface area contributed by atoms with E-state index in [-0.39, 0.29) is 15.7 Å². The van der Waals surface area contributed by atoms with Gasteiger partial charge >= 0.3 is 0 Å². The van der Waals surface area contributed by atoms with Gasteiger partial charge in [0.15, 0.2) is 11.7 Å². The number of thiazole rings is 1. The van der Waals surface area contributed by atoms with Gasteiger partial charge in [0, 0.05) is 11.6 Å². The molecule has 116 valence electrons. The van der Waals surface area contributed by atoms with Crippen LogP contribution in [0.4, 0.5) is 5.69 Å². The Morgan fingerprint density at radius 1 is 1.39 bits per heavy atom. The predicted molar refractivity (Wildman–Crippen MR) is 90.3 cm³/mol. The van der Waals surface area contributed by atoms with Crippen LogP contribution in [0, 0.1) is 17.2 Å². The zero-order valence-electron chi connectivity index (χ0n) is 11.5. The van der Waals surface area contributed by atoms with E-state index in [4.69, 9.17) is 28.5 Å². The maximum Gasteiger partial charge on any atom is 0.249 e. The Labute approximate surface area is 146 Å². The summed E-state index contributed by atoms with van der Waals surface area (Å²) in [5, 5.41) is 14.3. The summed E-state index contributed by atoms with van der Waals surface area (Å²) in [4.78, 5) is 28.1. The first-order valence-electron chi connectivity index (χ1n) is 6.29. The third kappa shape index (κ3) is 4.39. The smallest absolute Gasteiger partial charge is 0.249 e. The van der Waals surface area contributed by atoms with Crippen LogP contribution in [0.3, 0.4) is 0 Å². The lowest BCUT2D eigenvalue weighted by atomic mass is 10.0. The number of carbonyl (C=O) groups is 2. The van der Waals surface area contributed by atoms with E-state index in [1.807, 2.05) is 0 Å². The Morgan fingerprint density at radius 2 is 2.17 bits per heavy atom.